The summed E-state index contributed by atoms with van der Waals surface area (Å²) >= 11 is 0. The minimum atomic E-state index is 0.639. The minimum absolute atomic E-state index is 0.639. The van der Waals surface area contributed by atoms with Crippen LogP contribution in [-0.2, 0) is 0 Å². The molecule has 2 heterocycles. The first kappa shape index (κ1) is 34.8. The molecule has 4 heteroatoms. The molecule has 0 aliphatic rings. The molecule has 0 aliphatic heterocycles. The predicted molar refractivity (Wildman–Crippen MR) is 254 cm³/mol. The average Bonchev–Trinajstić information content (AvgIpc) is 3.68. The van der Waals surface area contributed by atoms with Crippen LogP contribution in [0.15, 0.2) is 218 Å². The molecule has 0 atom stereocenters. The van der Waals surface area contributed by atoms with Gasteiger partial charge in [-0.2, -0.15) is 0 Å². The van der Waals surface area contributed by atoms with Crippen molar-refractivity contribution in [3.8, 4) is 62.1 Å². The Bertz CT molecular complexity index is 3560. The van der Waals surface area contributed by atoms with Gasteiger partial charge in [0, 0.05) is 33.2 Å². The van der Waals surface area contributed by atoms with Gasteiger partial charge in [0.1, 0.15) is 0 Å². The highest BCUT2D eigenvalue weighted by Crippen LogP contribution is 2.39. The van der Waals surface area contributed by atoms with Crippen LogP contribution in [0.5, 0.6) is 0 Å². The third-order valence-corrected chi connectivity index (χ3v) is 12.0. The summed E-state index contributed by atoms with van der Waals surface area (Å²) in [6.45, 7) is 0. The van der Waals surface area contributed by atoms with Gasteiger partial charge in [0.25, 0.3) is 0 Å². The van der Waals surface area contributed by atoms with Crippen LogP contribution in [0.2, 0.25) is 0 Å². The predicted octanol–water partition coefficient (Wildman–Crippen LogP) is 14.8. The fourth-order valence-corrected chi connectivity index (χ4v) is 9.02. The molecule has 0 saturated carbocycles. The topological polar surface area (TPSA) is 43.6 Å². The molecular formula is C57H36N4. The van der Waals surface area contributed by atoms with Gasteiger partial charge in [-0.1, -0.05) is 164 Å². The minimum Gasteiger partial charge on any atom is -0.309 e. The Morgan fingerprint density at radius 3 is 1.52 bits per heavy atom. The summed E-state index contributed by atoms with van der Waals surface area (Å²) in [5.41, 5.74) is 11.1. The van der Waals surface area contributed by atoms with E-state index in [1.165, 1.54) is 70.9 Å². The highest BCUT2D eigenvalue weighted by atomic mass is 15.0. The van der Waals surface area contributed by atoms with Gasteiger partial charge in [-0.25, -0.2) is 15.0 Å². The van der Waals surface area contributed by atoms with Crippen molar-refractivity contribution >= 4 is 54.1 Å². The van der Waals surface area contributed by atoms with Gasteiger partial charge in [-0.15, -0.1) is 0 Å². The first-order chi connectivity index (χ1) is 30.2. The van der Waals surface area contributed by atoms with Gasteiger partial charge in [0.15, 0.2) is 17.5 Å². The van der Waals surface area contributed by atoms with Gasteiger partial charge in [0.2, 0.25) is 0 Å². The normalized spacial score (nSPS) is 11.6. The van der Waals surface area contributed by atoms with E-state index < -0.39 is 0 Å². The summed E-state index contributed by atoms with van der Waals surface area (Å²) in [5, 5.41) is 9.92. The maximum Gasteiger partial charge on any atom is 0.164 e. The SMILES string of the molecule is c1ccc(-c2nc(-c3ccccc3)nc(-c3ccc(-n4c5ccccc5c5c6ccc(-c7ccc8ccc(-c9cccc%10ccccc9%10)cc8c7)cc6ccc54)cc3)n2)cc1. The van der Waals surface area contributed by atoms with Gasteiger partial charge in [-0.05, 0) is 109 Å². The second kappa shape index (κ2) is 14.3. The van der Waals surface area contributed by atoms with Crippen LogP contribution < -0.4 is 0 Å². The Hall–Kier alpha value is -8.21. The van der Waals surface area contributed by atoms with Crippen LogP contribution in [-0.4, -0.2) is 19.5 Å². The lowest BCUT2D eigenvalue weighted by Crippen LogP contribution is -2.00. The average molecular weight is 777 g/mol. The van der Waals surface area contributed by atoms with E-state index in [0.717, 1.165) is 27.9 Å². The van der Waals surface area contributed by atoms with E-state index in [4.69, 9.17) is 15.0 Å². The zero-order valence-electron chi connectivity index (χ0n) is 33.1. The van der Waals surface area contributed by atoms with Crippen molar-refractivity contribution in [3.05, 3.63) is 218 Å². The molecule has 0 spiro atoms. The summed E-state index contributed by atoms with van der Waals surface area (Å²) < 4.78 is 2.37. The summed E-state index contributed by atoms with van der Waals surface area (Å²) in [4.78, 5) is 14.8. The number of aromatic nitrogens is 4. The number of hydrogen-bond acceptors (Lipinski definition) is 3. The number of hydrogen-bond donors (Lipinski definition) is 0. The molecule has 0 aliphatic carbocycles. The molecule has 0 N–H and O–H groups in total. The number of fused-ring (bicyclic) bond motifs is 7. The van der Waals surface area contributed by atoms with Crippen molar-refractivity contribution < 1.29 is 0 Å². The maximum absolute atomic E-state index is 4.97. The number of para-hydroxylation sites is 1. The molecule has 0 bridgehead atoms. The molecule has 2 aromatic heterocycles. The lowest BCUT2D eigenvalue weighted by atomic mass is 9.94. The van der Waals surface area contributed by atoms with Crippen LogP contribution in [0.25, 0.3) is 116 Å². The number of nitrogens with zero attached hydrogens (tertiary/aromatic N) is 4. The van der Waals surface area contributed by atoms with Crippen molar-refractivity contribution in [2.45, 2.75) is 0 Å². The zero-order valence-corrected chi connectivity index (χ0v) is 33.1. The molecule has 12 rings (SSSR count). The van der Waals surface area contributed by atoms with E-state index in [0.29, 0.717) is 17.5 Å². The summed E-state index contributed by atoms with van der Waals surface area (Å²) in [6.07, 6.45) is 0. The molecule has 0 saturated heterocycles. The Balaban J connectivity index is 0.928. The van der Waals surface area contributed by atoms with E-state index in [1.807, 2.05) is 60.7 Å². The van der Waals surface area contributed by atoms with Gasteiger partial charge >= 0.3 is 0 Å². The molecule has 4 nitrogen and oxygen atoms in total. The molecule has 10 aromatic carbocycles. The zero-order chi connectivity index (χ0) is 40.3. The van der Waals surface area contributed by atoms with Crippen LogP contribution in [0, 0.1) is 0 Å². The Kier molecular flexibility index (Phi) is 8.13. The highest BCUT2D eigenvalue weighted by Gasteiger charge is 2.17. The molecule has 0 unspecified atom stereocenters. The van der Waals surface area contributed by atoms with Crippen molar-refractivity contribution in [1.82, 2.24) is 19.5 Å². The quantitative estimate of drug-likeness (QED) is 0.169. The molecule has 0 amide bonds. The summed E-state index contributed by atoms with van der Waals surface area (Å²) in [6, 6.07) is 77.8. The molecule has 0 radical (unpaired) electrons. The number of benzene rings is 10. The van der Waals surface area contributed by atoms with Gasteiger partial charge < -0.3 is 4.57 Å². The number of rotatable bonds is 6. The fraction of sp³-hybridized carbons (Fsp3) is 0. The van der Waals surface area contributed by atoms with Crippen molar-refractivity contribution in [1.29, 1.82) is 0 Å². The largest absolute Gasteiger partial charge is 0.309 e. The lowest BCUT2D eigenvalue weighted by molar-refractivity contribution is 1.07. The second-order valence-corrected chi connectivity index (χ2v) is 15.6. The highest BCUT2D eigenvalue weighted by molar-refractivity contribution is 6.21. The van der Waals surface area contributed by atoms with Gasteiger partial charge in [0.05, 0.1) is 11.0 Å². The van der Waals surface area contributed by atoms with Crippen LogP contribution >= 0.6 is 0 Å². The second-order valence-electron chi connectivity index (χ2n) is 15.6. The Labute approximate surface area is 352 Å². The van der Waals surface area contributed by atoms with Crippen molar-refractivity contribution in [2.24, 2.45) is 0 Å². The summed E-state index contributed by atoms with van der Waals surface area (Å²) in [7, 11) is 0. The Morgan fingerprint density at radius 2 is 0.803 bits per heavy atom. The lowest BCUT2D eigenvalue weighted by Gasteiger charge is -2.11. The van der Waals surface area contributed by atoms with E-state index in [2.05, 4.69) is 162 Å². The molecule has 0 fully saturated rings. The van der Waals surface area contributed by atoms with E-state index >= 15 is 0 Å². The van der Waals surface area contributed by atoms with Crippen LogP contribution in [0.1, 0.15) is 0 Å². The van der Waals surface area contributed by atoms with E-state index in [-0.39, 0.29) is 0 Å². The molecule has 61 heavy (non-hydrogen) atoms. The van der Waals surface area contributed by atoms with Crippen LogP contribution in [0.3, 0.4) is 0 Å². The Morgan fingerprint density at radius 1 is 0.279 bits per heavy atom. The smallest absolute Gasteiger partial charge is 0.164 e. The third kappa shape index (κ3) is 6.04. The first-order valence-corrected chi connectivity index (χ1v) is 20.7. The fourth-order valence-electron chi connectivity index (χ4n) is 9.02. The molecule has 12 aromatic rings. The molecule has 284 valence electrons. The van der Waals surface area contributed by atoms with Crippen LogP contribution in [0.4, 0.5) is 0 Å². The van der Waals surface area contributed by atoms with Crippen molar-refractivity contribution in [2.75, 3.05) is 0 Å². The van der Waals surface area contributed by atoms with Gasteiger partial charge in [-0.3, -0.25) is 0 Å². The van der Waals surface area contributed by atoms with Crippen molar-refractivity contribution in [3.63, 3.8) is 0 Å². The molecular weight excluding hydrogens is 741 g/mol. The third-order valence-electron chi connectivity index (χ3n) is 12.0. The van der Waals surface area contributed by atoms with E-state index in [9.17, 15) is 0 Å². The standard InChI is InChI=1S/C57H36N4/c1-3-13-39(14-4-1)55-58-56(40-15-5-2-6-16-40)60-57(59-55)41-26-30-47(31-27-41)61-52-21-10-9-19-51(52)54-50-32-28-43(34-45(50)29-33-53(54)61)42-24-22-37-23-25-44(36-46(37)35-42)49-20-11-17-38-12-7-8-18-48(38)49/h1-36H. The monoisotopic (exact) mass is 776 g/mol. The van der Waals surface area contributed by atoms with E-state index in [1.54, 1.807) is 0 Å². The first-order valence-electron chi connectivity index (χ1n) is 20.7. The summed E-state index contributed by atoms with van der Waals surface area (Å²) in [5.74, 6) is 1.94. The maximum atomic E-state index is 4.97.